The zero-order chi connectivity index (χ0) is 11.8. The lowest BCUT2D eigenvalue weighted by Crippen LogP contribution is -2.24. The summed E-state index contributed by atoms with van der Waals surface area (Å²) in [5.74, 6) is -0.0656. The van der Waals surface area contributed by atoms with Crippen molar-refractivity contribution in [1.82, 2.24) is 5.32 Å². The first-order valence-electron chi connectivity index (χ1n) is 4.95. The molecule has 90 valence electrons. The Balaban J connectivity index is 2.11. The van der Waals surface area contributed by atoms with Crippen LogP contribution < -0.4 is 5.32 Å². The fraction of sp³-hybridized carbons (Fsp3) is 0.500. The van der Waals surface area contributed by atoms with E-state index in [1.165, 1.54) is 11.3 Å². The molecule has 0 aliphatic rings. The fourth-order valence-corrected chi connectivity index (χ4v) is 2.21. The van der Waals surface area contributed by atoms with E-state index in [0.29, 0.717) is 25.3 Å². The summed E-state index contributed by atoms with van der Waals surface area (Å²) in [5, 5.41) is 13.1. The minimum atomic E-state index is -0.0656. The molecule has 1 amide bonds. The van der Waals surface area contributed by atoms with Crippen molar-refractivity contribution >= 4 is 33.2 Å². The van der Waals surface area contributed by atoms with Gasteiger partial charge in [-0.05, 0) is 28.4 Å². The molecule has 16 heavy (non-hydrogen) atoms. The van der Waals surface area contributed by atoms with Crippen molar-refractivity contribution in [2.75, 3.05) is 26.4 Å². The maximum absolute atomic E-state index is 11.5. The summed E-state index contributed by atoms with van der Waals surface area (Å²) in [6, 6.07) is 1.79. The molecule has 0 unspecified atom stereocenters. The molecular weight excluding hydrogens is 294 g/mol. The summed E-state index contributed by atoms with van der Waals surface area (Å²) in [5.41, 5.74) is 0.674. The Morgan fingerprint density at radius 3 is 3.00 bits per heavy atom. The van der Waals surface area contributed by atoms with Gasteiger partial charge in [0.15, 0.2) is 0 Å². The largest absolute Gasteiger partial charge is 0.394 e. The van der Waals surface area contributed by atoms with E-state index >= 15 is 0 Å². The summed E-state index contributed by atoms with van der Waals surface area (Å²) >= 11 is 4.79. The summed E-state index contributed by atoms with van der Waals surface area (Å²) < 4.78 is 6.02. The molecule has 0 saturated carbocycles. The molecular formula is C10H14BrNO3S. The van der Waals surface area contributed by atoms with Crippen LogP contribution in [0, 0.1) is 0 Å². The molecule has 0 radical (unpaired) electrons. The van der Waals surface area contributed by atoms with Crippen LogP contribution in [-0.4, -0.2) is 37.4 Å². The highest BCUT2D eigenvalue weighted by Crippen LogP contribution is 2.20. The molecule has 1 aromatic heterocycles. The van der Waals surface area contributed by atoms with Crippen LogP contribution in [0.15, 0.2) is 15.2 Å². The summed E-state index contributed by atoms with van der Waals surface area (Å²) in [6.45, 7) is 1.52. The second kappa shape index (κ2) is 7.78. The van der Waals surface area contributed by atoms with Crippen LogP contribution in [0.4, 0.5) is 0 Å². The number of ether oxygens (including phenoxy) is 1. The van der Waals surface area contributed by atoms with Gasteiger partial charge in [-0.3, -0.25) is 4.79 Å². The quantitative estimate of drug-likeness (QED) is 0.753. The second-order valence-corrected chi connectivity index (χ2v) is 5.38. The van der Waals surface area contributed by atoms with Crippen LogP contribution in [-0.2, 0) is 4.74 Å². The minimum Gasteiger partial charge on any atom is -0.394 e. The molecule has 6 heteroatoms. The van der Waals surface area contributed by atoms with Crippen molar-refractivity contribution < 1.29 is 14.6 Å². The topological polar surface area (TPSA) is 58.6 Å². The van der Waals surface area contributed by atoms with Crippen molar-refractivity contribution in [1.29, 1.82) is 0 Å². The maximum Gasteiger partial charge on any atom is 0.252 e. The van der Waals surface area contributed by atoms with Gasteiger partial charge >= 0.3 is 0 Å². The lowest BCUT2D eigenvalue weighted by atomic mass is 10.3. The van der Waals surface area contributed by atoms with E-state index < -0.39 is 0 Å². The molecule has 0 aliphatic carbocycles. The Morgan fingerprint density at radius 2 is 2.38 bits per heavy atom. The van der Waals surface area contributed by atoms with Crippen LogP contribution in [0.3, 0.4) is 0 Å². The van der Waals surface area contributed by atoms with E-state index in [1.807, 2.05) is 5.38 Å². The third-order valence-corrected chi connectivity index (χ3v) is 3.32. The number of hydrogen-bond donors (Lipinski definition) is 2. The molecule has 1 rings (SSSR count). The Morgan fingerprint density at radius 1 is 1.56 bits per heavy atom. The van der Waals surface area contributed by atoms with Gasteiger partial charge in [0.05, 0.1) is 22.6 Å². The number of rotatable bonds is 7. The number of thiophene rings is 1. The number of hydrogen-bond acceptors (Lipinski definition) is 4. The van der Waals surface area contributed by atoms with Gasteiger partial charge in [0, 0.05) is 18.5 Å². The fourth-order valence-electron chi connectivity index (χ4n) is 1.07. The van der Waals surface area contributed by atoms with Gasteiger partial charge in [-0.15, -0.1) is 11.3 Å². The average Bonchev–Trinajstić information content (AvgIpc) is 2.70. The van der Waals surface area contributed by atoms with E-state index in [0.717, 1.165) is 10.2 Å². The number of carbonyl (C=O) groups is 1. The number of halogens is 1. The van der Waals surface area contributed by atoms with Gasteiger partial charge in [-0.2, -0.15) is 0 Å². The summed E-state index contributed by atoms with van der Waals surface area (Å²) in [4.78, 5) is 11.5. The van der Waals surface area contributed by atoms with Crippen molar-refractivity contribution in [2.45, 2.75) is 6.42 Å². The molecule has 0 spiro atoms. The monoisotopic (exact) mass is 307 g/mol. The maximum atomic E-state index is 11.5. The first-order chi connectivity index (χ1) is 7.74. The number of carbonyl (C=O) groups excluding carboxylic acids is 1. The summed E-state index contributed by atoms with van der Waals surface area (Å²) in [7, 11) is 0. The van der Waals surface area contributed by atoms with Crippen molar-refractivity contribution in [3.05, 3.63) is 20.8 Å². The Hall–Kier alpha value is -0.430. The molecule has 0 bridgehead atoms. The smallest absolute Gasteiger partial charge is 0.252 e. The predicted molar refractivity (Wildman–Crippen MR) is 66.9 cm³/mol. The first kappa shape index (κ1) is 13.6. The van der Waals surface area contributed by atoms with Crippen LogP contribution >= 0.6 is 27.3 Å². The standard InChI is InChI=1S/C10H14BrNO3S/c11-9-6-8(7-16-9)10(14)12-2-1-4-15-5-3-13/h6-7,13H,1-5H2,(H,12,14). The van der Waals surface area contributed by atoms with Gasteiger partial charge in [0.1, 0.15) is 0 Å². The second-order valence-electron chi connectivity index (χ2n) is 3.08. The third kappa shape index (κ3) is 5.07. The minimum absolute atomic E-state index is 0.0370. The molecule has 0 aromatic carbocycles. The molecule has 0 atom stereocenters. The Bertz CT molecular complexity index is 330. The molecule has 1 heterocycles. The SMILES string of the molecule is O=C(NCCCOCCO)c1csc(Br)c1. The number of aliphatic hydroxyl groups excluding tert-OH is 1. The summed E-state index contributed by atoms with van der Waals surface area (Å²) in [6.07, 6.45) is 0.747. The van der Waals surface area contributed by atoms with Crippen LogP contribution in [0.1, 0.15) is 16.8 Å². The van der Waals surface area contributed by atoms with Gasteiger partial charge in [0.2, 0.25) is 0 Å². The van der Waals surface area contributed by atoms with Crippen LogP contribution in [0.2, 0.25) is 0 Å². The highest BCUT2D eigenvalue weighted by atomic mass is 79.9. The lowest BCUT2D eigenvalue weighted by molar-refractivity contribution is 0.0868. The predicted octanol–water partition coefficient (Wildman–Crippen LogP) is 1.64. The van der Waals surface area contributed by atoms with E-state index in [9.17, 15) is 4.79 Å². The van der Waals surface area contributed by atoms with E-state index in [2.05, 4.69) is 21.2 Å². The average molecular weight is 308 g/mol. The van der Waals surface area contributed by atoms with Crippen molar-refractivity contribution in [3.8, 4) is 0 Å². The molecule has 1 aromatic rings. The molecule has 0 saturated heterocycles. The van der Waals surface area contributed by atoms with E-state index in [1.54, 1.807) is 6.07 Å². The zero-order valence-electron chi connectivity index (χ0n) is 8.74. The highest BCUT2D eigenvalue weighted by molar-refractivity contribution is 9.11. The van der Waals surface area contributed by atoms with E-state index in [4.69, 9.17) is 9.84 Å². The van der Waals surface area contributed by atoms with Gasteiger partial charge < -0.3 is 15.2 Å². The lowest BCUT2D eigenvalue weighted by Gasteiger charge is -2.04. The molecule has 0 fully saturated rings. The zero-order valence-corrected chi connectivity index (χ0v) is 11.1. The van der Waals surface area contributed by atoms with Crippen molar-refractivity contribution in [3.63, 3.8) is 0 Å². The van der Waals surface area contributed by atoms with Crippen LogP contribution in [0.25, 0.3) is 0 Å². The number of aliphatic hydroxyl groups is 1. The normalized spacial score (nSPS) is 10.4. The van der Waals surface area contributed by atoms with Crippen LogP contribution in [0.5, 0.6) is 0 Å². The van der Waals surface area contributed by atoms with Gasteiger partial charge in [-0.25, -0.2) is 0 Å². The van der Waals surface area contributed by atoms with Gasteiger partial charge in [-0.1, -0.05) is 0 Å². The number of amides is 1. The highest BCUT2D eigenvalue weighted by Gasteiger charge is 2.06. The third-order valence-electron chi connectivity index (χ3n) is 1.82. The van der Waals surface area contributed by atoms with Gasteiger partial charge in [0.25, 0.3) is 5.91 Å². The number of nitrogens with one attached hydrogen (secondary N) is 1. The van der Waals surface area contributed by atoms with Crippen molar-refractivity contribution in [2.24, 2.45) is 0 Å². The molecule has 0 aliphatic heterocycles. The molecule has 4 nitrogen and oxygen atoms in total. The first-order valence-corrected chi connectivity index (χ1v) is 6.62. The Labute approximate surface area is 107 Å². The Kier molecular flexibility index (Phi) is 6.63. The molecule has 2 N–H and O–H groups in total. The van der Waals surface area contributed by atoms with E-state index in [-0.39, 0.29) is 12.5 Å².